The molecule has 2 aliphatic heterocycles. The van der Waals surface area contributed by atoms with Gasteiger partial charge in [0, 0.05) is 0 Å². The van der Waals surface area contributed by atoms with Crippen molar-refractivity contribution in [1.29, 1.82) is 0 Å². The molecule has 4 atom stereocenters. The Bertz CT molecular complexity index is 967. The minimum Gasteiger partial charge on any atom is -0.452 e. The Labute approximate surface area is 193 Å². The molecule has 0 amide bonds. The Morgan fingerprint density at radius 3 is 2.18 bits per heavy atom. The number of ether oxygens (including phenoxy) is 4. The van der Waals surface area contributed by atoms with Crippen LogP contribution >= 0.6 is 0 Å². The summed E-state index contributed by atoms with van der Waals surface area (Å²) in [6.07, 6.45) is 1.20. The van der Waals surface area contributed by atoms with Crippen molar-refractivity contribution >= 4 is 5.97 Å². The lowest BCUT2D eigenvalue weighted by atomic mass is 9.81. The van der Waals surface area contributed by atoms with Gasteiger partial charge in [-0.2, -0.15) is 4.39 Å². The van der Waals surface area contributed by atoms with E-state index in [1.165, 1.54) is 5.56 Å². The van der Waals surface area contributed by atoms with Gasteiger partial charge in [0.15, 0.2) is 6.10 Å². The average Bonchev–Trinajstić information content (AvgIpc) is 3.46. The molecule has 2 heterocycles. The van der Waals surface area contributed by atoms with Gasteiger partial charge in [0.1, 0.15) is 18.3 Å². The smallest absolute Gasteiger partial charge is 0.367 e. The zero-order chi connectivity index (χ0) is 22.6. The molecule has 2 aromatic carbocycles. The van der Waals surface area contributed by atoms with Gasteiger partial charge in [-0.1, -0.05) is 60.7 Å². The molecular weight excluding hydrogens is 423 g/mol. The van der Waals surface area contributed by atoms with Crippen molar-refractivity contribution in [3.05, 3.63) is 83.2 Å². The molecule has 0 unspecified atom stereocenters. The van der Waals surface area contributed by atoms with Crippen LogP contribution in [0, 0.1) is 0 Å². The van der Waals surface area contributed by atoms with Gasteiger partial charge in [-0.15, -0.1) is 0 Å². The lowest BCUT2D eigenvalue weighted by Gasteiger charge is -2.24. The van der Waals surface area contributed by atoms with E-state index < -0.39 is 24.0 Å². The number of halogens is 1. The lowest BCUT2D eigenvalue weighted by molar-refractivity contribution is -0.151. The van der Waals surface area contributed by atoms with E-state index in [4.69, 9.17) is 18.9 Å². The largest absolute Gasteiger partial charge is 0.452 e. The molecule has 5 nitrogen and oxygen atoms in total. The van der Waals surface area contributed by atoms with E-state index in [2.05, 4.69) is 12.1 Å². The minimum absolute atomic E-state index is 0.185. The van der Waals surface area contributed by atoms with Gasteiger partial charge in [-0.3, -0.25) is 0 Å². The van der Waals surface area contributed by atoms with Crippen LogP contribution in [-0.4, -0.2) is 43.6 Å². The Morgan fingerprint density at radius 1 is 0.879 bits per heavy atom. The first kappa shape index (κ1) is 22.3. The summed E-state index contributed by atoms with van der Waals surface area (Å²) in [5.74, 6) is -1.25. The molecule has 0 bridgehead atoms. The number of hydrogen-bond donors (Lipinski definition) is 0. The van der Waals surface area contributed by atoms with Crippen LogP contribution in [0.1, 0.15) is 42.7 Å². The van der Waals surface area contributed by atoms with Crippen molar-refractivity contribution < 1.29 is 28.1 Å². The number of benzene rings is 2. The Kier molecular flexibility index (Phi) is 6.85. The van der Waals surface area contributed by atoms with Gasteiger partial charge >= 0.3 is 5.97 Å². The standard InChI is InChI=1S/C27H29FO5/c28-24(21-13-11-20(12-14-21)19-9-5-2-6-10-19)27(29)33-23-17-32-25-22(16-31-26(23)25)30-15-18-7-3-1-4-8-18/h1-10,20,22-23,25-26H,11-17H2/t20?,22-,23-,25-,26-/m1/s1. The van der Waals surface area contributed by atoms with Gasteiger partial charge < -0.3 is 18.9 Å². The molecule has 0 spiro atoms. The molecule has 0 radical (unpaired) electrons. The molecule has 2 aromatic rings. The highest BCUT2D eigenvalue weighted by atomic mass is 19.1. The molecule has 0 aromatic heterocycles. The second-order valence-electron chi connectivity index (χ2n) is 8.98. The number of fused-ring (bicyclic) bond motifs is 1. The molecule has 1 saturated carbocycles. The van der Waals surface area contributed by atoms with Crippen LogP contribution in [0.25, 0.3) is 0 Å². The summed E-state index contributed by atoms with van der Waals surface area (Å²) < 4.78 is 38.0. The monoisotopic (exact) mass is 452 g/mol. The number of carbonyl (C=O) groups excluding carboxylic acids is 1. The summed E-state index contributed by atoms with van der Waals surface area (Å²) in [7, 11) is 0. The predicted octanol–water partition coefficient (Wildman–Crippen LogP) is 4.86. The average molecular weight is 453 g/mol. The molecule has 3 aliphatic rings. The van der Waals surface area contributed by atoms with E-state index in [0.29, 0.717) is 37.5 Å². The van der Waals surface area contributed by atoms with Crippen molar-refractivity contribution in [2.24, 2.45) is 0 Å². The molecule has 0 N–H and O–H groups in total. The normalized spacial score (nSPS) is 29.0. The third kappa shape index (κ3) is 5.03. The summed E-state index contributed by atoms with van der Waals surface area (Å²) in [5, 5.41) is 0. The number of rotatable bonds is 6. The topological polar surface area (TPSA) is 54.0 Å². The maximum absolute atomic E-state index is 14.9. The van der Waals surface area contributed by atoms with Gasteiger partial charge in [-0.25, -0.2) is 4.79 Å². The van der Waals surface area contributed by atoms with E-state index in [1.807, 2.05) is 48.5 Å². The van der Waals surface area contributed by atoms with Gasteiger partial charge in [0.2, 0.25) is 5.83 Å². The summed E-state index contributed by atoms with van der Waals surface area (Å²) >= 11 is 0. The van der Waals surface area contributed by atoms with Crippen molar-refractivity contribution in [3.8, 4) is 0 Å². The van der Waals surface area contributed by atoms with Crippen LogP contribution in [0.2, 0.25) is 0 Å². The second-order valence-corrected chi connectivity index (χ2v) is 8.98. The highest BCUT2D eigenvalue weighted by Crippen LogP contribution is 2.37. The Hall–Kier alpha value is -2.54. The van der Waals surface area contributed by atoms with E-state index in [-0.39, 0.29) is 18.8 Å². The quantitative estimate of drug-likeness (QED) is 0.463. The number of esters is 1. The van der Waals surface area contributed by atoms with Crippen molar-refractivity contribution in [1.82, 2.24) is 0 Å². The molecule has 5 rings (SSSR count). The van der Waals surface area contributed by atoms with Gasteiger partial charge in [0.05, 0.1) is 19.8 Å². The molecular formula is C27H29FO5. The third-order valence-electron chi connectivity index (χ3n) is 6.88. The molecule has 33 heavy (non-hydrogen) atoms. The van der Waals surface area contributed by atoms with E-state index in [0.717, 1.165) is 18.4 Å². The van der Waals surface area contributed by atoms with E-state index in [1.54, 1.807) is 0 Å². The van der Waals surface area contributed by atoms with Crippen LogP contribution in [0.5, 0.6) is 0 Å². The van der Waals surface area contributed by atoms with Crippen LogP contribution in [-0.2, 0) is 30.3 Å². The first-order valence-electron chi connectivity index (χ1n) is 11.7. The molecule has 6 heteroatoms. The summed E-state index contributed by atoms with van der Waals surface area (Å²) in [6, 6.07) is 20.1. The van der Waals surface area contributed by atoms with Gasteiger partial charge in [-0.05, 0) is 48.3 Å². The molecule has 3 fully saturated rings. The molecule has 2 saturated heterocycles. The van der Waals surface area contributed by atoms with Crippen molar-refractivity contribution in [3.63, 3.8) is 0 Å². The molecule has 174 valence electrons. The maximum Gasteiger partial charge on any atom is 0.367 e. The first-order chi connectivity index (χ1) is 16.2. The summed E-state index contributed by atoms with van der Waals surface area (Å²) in [5.41, 5.74) is 2.90. The van der Waals surface area contributed by atoms with E-state index in [9.17, 15) is 9.18 Å². The fourth-order valence-electron chi connectivity index (χ4n) is 5.03. The zero-order valence-corrected chi connectivity index (χ0v) is 18.5. The Morgan fingerprint density at radius 2 is 1.48 bits per heavy atom. The number of allylic oxidation sites excluding steroid dienone is 1. The summed E-state index contributed by atoms with van der Waals surface area (Å²) in [4.78, 5) is 12.5. The number of hydrogen-bond acceptors (Lipinski definition) is 5. The Balaban J connectivity index is 1.13. The lowest BCUT2D eigenvalue weighted by Crippen LogP contribution is -2.35. The van der Waals surface area contributed by atoms with Gasteiger partial charge in [0.25, 0.3) is 0 Å². The van der Waals surface area contributed by atoms with Crippen LogP contribution in [0.15, 0.2) is 72.1 Å². The highest BCUT2D eigenvalue weighted by molar-refractivity contribution is 5.87. The maximum atomic E-state index is 14.9. The summed E-state index contributed by atoms with van der Waals surface area (Å²) in [6.45, 7) is 1.00. The SMILES string of the molecule is O=C(O[C@@H]1CO[C@H]2[C@@H]1OC[C@H]2OCc1ccccc1)C(F)=C1CCC(c2ccccc2)CC1. The van der Waals surface area contributed by atoms with E-state index >= 15 is 0 Å². The van der Waals surface area contributed by atoms with Crippen LogP contribution in [0.4, 0.5) is 4.39 Å². The third-order valence-corrected chi connectivity index (χ3v) is 6.88. The fourth-order valence-corrected chi connectivity index (χ4v) is 5.03. The highest BCUT2D eigenvalue weighted by Gasteiger charge is 2.50. The van der Waals surface area contributed by atoms with Crippen molar-refractivity contribution in [2.45, 2.75) is 62.6 Å². The predicted molar refractivity (Wildman–Crippen MR) is 120 cm³/mol. The second kappa shape index (κ2) is 10.2. The van der Waals surface area contributed by atoms with Crippen LogP contribution in [0.3, 0.4) is 0 Å². The fraction of sp³-hybridized carbons (Fsp3) is 0.444. The molecule has 1 aliphatic carbocycles. The number of carbonyl (C=O) groups is 1. The minimum atomic E-state index is -0.908. The van der Waals surface area contributed by atoms with Crippen molar-refractivity contribution in [2.75, 3.05) is 13.2 Å². The first-order valence-corrected chi connectivity index (χ1v) is 11.7. The van der Waals surface area contributed by atoms with Crippen LogP contribution < -0.4 is 0 Å². The zero-order valence-electron chi connectivity index (χ0n) is 18.5.